The third kappa shape index (κ3) is 4.79. The molecular weight excluding hydrogens is 771 g/mol. The second-order valence-corrected chi connectivity index (χ2v) is 20.0. The van der Waals surface area contributed by atoms with E-state index in [0.717, 1.165) is 0 Å². The molecule has 0 spiro atoms. The minimum absolute atomic E-state index is 0.110. The van der Waals surface area contributed by atoms with Crippen molar-refractivity contribution in [2.45, 2.75) is 57.8 Å². The standard InChI is InChI=1S/C63H49N/c1-61(2)48-28-16-14-26-45(48)58-51(61)34-33-44-47(37-53-59(60(44)58)46-27-15-17-29-49(46)62(53,3)4)57-42-24-12-10-22-40(42)56(41-23-11-13-25-43(41)57)38-32-35-55-52(36-38)63(5,6)50-30-18-19-31-54(50)64(55)39-20-8-7-9-21-39/h7-37H,1-6H3. The molecular formula is C63H49N. The Morgan fingerprint density at radius 3 is 1.42 bits per heavy atom. The van der Waals surface area contributed by atoms with Crippen LogP contribution < -0.4 is 4.90 Å². The maximum Gasteiger partial charge on any atom is 0.0503 e. The van der Waals surface area contributed by atoms with Gasteiger partial charge >= 0.3 is 0 Å². The molecule has 10 aromatic carbocycles. The molecule has 0 bridgehead atoms. The van der Waals surface area contributed by atoms with Crippen LogP contribution in [0.1, 0.15) is 74.9 Å². The van der Waals surface area contributed by atoms with Gasteiger partial charge in [0.1, 0.15) is 0 Å². The van der Waals surface area contributed by atoms with Crippen molar-refractivity contribution in [1.82, 2.24) is 0 Å². The quantitative estimate of drug-likeness (QED) is 0.161. The van der Waals surface area contributed by atoms with Crippen LogP contribution in [0.25, 0.3) is 76.8 Å². The van der Waals surface area contributed by atoms with Crippen molar-refractivity contribution in [3.63, 3.8) is 0 Å². The third-order valence-electron chi connectivity index (χ3n) is 15.6. The average molecular weight is 820 g/mol. The highest BCUT2D eigenvalue weighted by Gasteiger charge is 2.42. The lowest BCUT2D eigenvalue weighted by Crippen LogP contribution is -2.30. The summed E-state index contributed by atoms with van der Waals surface area (Å²) in [7, 11) is 0. The van der Waals surface area contributed by atoms with Crippen LogP contribution in [0.5, 0.6) is 0 Å². The molecule has 1 aliphatic heterocycles. The smallest absolute Gasteiger partial charge is 0.0503 e. The zero-order valence-corrected chi connectivity index (χ0v) is 37.3. The molecule has 1 nitrogen and oxygen atoms in total. The lowest BCUT2D eigenvalue weighted by atomic mass is 9.72. The zero-order chi connectivity index (χ0) is 43.3. The Labute approximate surface area is 376 Å². The van der Waals surface area contributed by atoms with Crippen molar-refractivity contribution in [1.29, 1.82) is 0 Å². The lowest BCUT2D eigenvalue weighted by molar-refractivity contribution is 0.632. The highest BCUT2D eigenvalue weighted by molar-refractivity contribution is 6.26. The molecule has 0 unspecified atom stereocenters. The minimum Gasteiger partial charge on any atom is -0.310 e. The Morgan fingerprint density at radius 1 is 0.297 bits per heavy atom. The van der Waals surface area contributed by atoms with Crippen LogP contribution in [0, 0.1) is 0 Å². The topological polar surface area (TPSA) is 3.24 Å². The van der Waals surface area contributed by atoms with Gasteiger partial charge in [0.05, 0.1) is 11.4 Å². The van der Waals surface area contributed by atoms with Crippen LogP contribution in [-0.4, -0.2) is 0 Å². The predicted octanol–water partition coefficient (Wildman–Crippen LogP) is 17.2. The van der Waals surface area contributed by atoms with Crippen LogP contribution in [0.15, 0.2) is 188 Å². The van der Waals surface area contributed by atoms with Crippen molar-refractivity contribution in [3.05, 3.63) is 221 Å². The van der Waals surface area contributed by atoms with Gasteiger partial charge in [-0.1, -0.05) is 193 Å². The molecule has 0 radical (unpaired) electrons. The number of fused-ring (bicyclic) bond motifs is 13. The summed E-state index contributed by atoms with van der Waals surface area (Å²) in [5.74, 6) is 0. The minimum atomic E-state index is -0.222. The first-order chi connectivity index (χ1) is 31.1. The van der Waals surface area contributed by atoms with Gasteiger partial charge in [0.25, 0.3) is 0 Å². The van der Waals surface area contributed by atoms with Gasteiger partial charge in [-0.25, -0.2) is 0 Å². The second kappa shape index (κ2) is 12.9. The molecule has 2 aliphatic carbocycles. The van der Waals surface area contributed by atoms with E-state index in [1.165, 1.54) is 127 Å². The number of hydrogen-bond acceptors (Lipinski definition) is 1. The lowest BCUT2D eigenvalue weighted by Gasteiger charge is -2.42. The monoisotopic (exact) mass is 819 g/mol. The Kier molecular flexibility index (Phi) is 7.54. The molecule has 0 amide bonds. The van der Waals surface area contributed by atoms with Crippen molar-refractivity contribution in [2.24, 2.45) is 0 Å². The molecule has 0 saturated carbocycles. The van der Waals surface area contributed by atoms with E-state index in [1.807, 2.05) is 0 Å². The fraction of sp³-hybridized carbons (Fsp3) is 0.143. The summed E-state index contributed by atoms with van der Waals surface area (Å²) in [4.78, 5) is 2.45. The molecule has 0 atom stereocenters. The SMILES string of the molecule is CC1(C)c2ccccc2N(c2ccccc2)c2ccc(-c3c4ccccc4c(-c4cc5c(c6c7c(ccc46)C(C)(C)c4ccccc4-7)-c4ccccc4C5(C)C)c4ccccc34)cc21. The molecule has 0 saturated heterocycles. The van der Waals surface area contributed by atoms with Crippen LogP contribution in [0.3, 0.4) is 0 Å². The Hall–Kier alpha value is -7.22. The molecule has 10 aromatic rings. The van der Waals surface area contributed by atoms with Gasteiger partial charge in [0.2, 0.25) is 0 Å². The van der Waals surface area contributed by atoms with Gasteiger partial charge in [-0.3, -0.25) is 0 Å². The van der Waals surface area contributed by atoms with Crippen LogP contribution in [-0.2, 0) is 16.2 Å². The first kappa shape index (κ1) is 37.3. The second-order valence-electron chi connectivity index (χ2n) is 20.0. The first-order valence-electron chi connectivity index (χ1n) is 22.9. The number of nitrogens with zero attached hydrogens (tertiary/aromatic N) is 1. The van der Waals surface area contributed by atoms with E-state index in [2.05, 4.69) is 234 Å². The van der Waals surface area contributed by atoms with E-state index >= 15 is 0 Å². The van der Waals surface area contributed by atoms with E-state index in [9.17, 15) is 0 Å². The summed E-state index contributed by atoms with van der Waals surface area (Å²) in [5, 5.41) is 7.80. The molecule has 64 heavy (non-hydrogen) atoms. The molecule has 0 aromatic heterocycles. The summed E-state index contributed by atoms with van der Waals surface area (Å²) < 4.78 is 0. The highest BCUT2D eigenvalue weighted by atomic mass is 15.2. The molecule has 1 heterocycles. The Bertz CT molecular complexity index is 3560. The van der Waals surface area contributed by atoms with E-state index < -0.39 is 0 Å². The maximum absolute atomic E-state index is 2.58. The number of para-hydroxylation sites is 2. The number of anilines is 3. The summed E-state index contributed by atoms with van der Waals surface area (Å²) >= 11 is 0. The number of benzene rings is 10. The largest absolute Gasteiger partial charge is 0.310 e. The summed E-state index contributed by atoms with van der Waals surface area (Å²) in [6.07, 6.45) is 0. The molecule has 3 aliphatic rings. The van der Waals surface area contributed by atoms with Crippen molar-refractivity contribution in [3.8, 4) is 44.5 Å². The van der Waals surface area contributed by atoms with Crippen LogP contribution in [0.2, 0.25) is 0 Å². The van der Waals surface area contributed by atoms with Gasteiger partial charge in [0.15, 0.2) is 0 Å². The highest BCUT2D eigenvalue weighted by Crippen LogP contribution is 2.60. The number of hydrogen-bond donors (Lipinski definition) is 0. The Balaban J connectivity index is 1.12. The molecule has 0 N–H and O–H groups in total. The van der Waals surface area contributed by atoms with Gasteiger partial charge in [0, 0.05) is 21.9 Å². The fourth-order valence-corrected chi connectivity index (χ4v) is 12.5. The zero-order valence-electron chi connectivity index (χ0n) is 37.3. The van der Waals surface area contributed by atoms with Crippen LogP contribution in [0.4, 0.5) is 17.1 Å². The molecule has 1 heteroatoms. The predicted molar refractivity (Wildman–Crippen MR) is 272 cm³/mol. The van der Waals surface area contributed by atoms with Crippen LogP contribution >= 0.6 is 0 Å². The van der Waals surface area contributed by atoms with Crippen molar-refractivity contribution >= 4 is 49.4 Å². The van der Waals surface area contributed by atoms with Crippen molar-refractivity contribution in [2.75, 3.05) is 4.90 Å². The fourth-order valence-electron chi connectivity index (χ4n) is 12.5. The molecule has 306 valence electrons. The van der Waals surface area contributed by atoms with Gasteiger partial charge in [-0.2, -0.15) is 0 Å². The summed E-state index contributed by atoms with van der Waals surface area (Å²) in [6.45, 7) is 14.5. The van der Waals surface area contributed by atoms with Gasteiger partial charge in [-0.05, 0) is 147 Å². The van der Waals surface area contributed by atoms with E-state index in [0.29, 0.717) is 0 Å². The normalized spacial score (nSPS) is 15.7. The van der Waals surface area contributed by atoms with Gasteiger partial charge in [-0.15, -0.1) is 0 Å². The van der Waals surface area contributed by atoms with E-state index in [-0.39, 0.29) is 16.2 Å². The first-order valence-corrected chi connectivity index (χ1v) is 22.9. The third-order valence-corrected chi connectivity index (χ3v) is 15.6. The van der Waals surface area contributed by atoms with Gasteiger partial charge < -0.3 is 4.90 Å². The van der Waals surface area contributed by atoms with E-state index in [4.69, 9.17) is 0 Å². The number of rotatable bonds is 3. The Morgan fingerprint density at radius 2 is 0.781 bits per heavy atom. The maximum atomic E-state index is 2.58. The summed E-state index contributed by atoms with van der Waals surface area (Å²) in [5.41, 5.74) is 22.1. The van der Waals surface area contributed by atoms with E-state index in [1.54, 1.807) is 0 Å². The molecule has 0 fully saturated rings. The average Bonchev–Trinajstić information content (AvgIpc) is 3.70. The van der Waals surface area contributed by atoms with Crippen molar-refractivity contribution < 1.29 is 0 Å². The summed E-state index contributed by atoms with van der Waals surface area (Å²) in [6, 6.07) is 71.3. The molecule has 13 rings (SSSR count).